The van der Waals surface area contributed by atoms with E-state index in [4.69, 9.17) is 0 Å². The third kappa shape index (κ3) is 3.06. The van der Waals surface area contributed by atoms with Crippen LogP contribution < -0.4 is 0 Å². The minimum Gasteiger partial charge on any atom is -0.281 e. The summed E-state index contributed by atoms with van der Waals surface area (Å²) in [5.74, 6) is 1.70. The van der Waals surface area contributed by atoms with E-state index >= 15 is 0 Å². The van der Waals surface area contributed by atoms with Crippen LogP contribution in [0.1, 0.15) is 55.7 Å². The Morgan fingerprint density at radius 1 is 0.926 bits per heavy atom. The van der Waals surface area contributed by atoms with Gasteiger partial charge in [-0.15, -0.1) is 21.5 Å². The topological polar surface area (TPSA) is 43.6 Å². The van der Waals surface area contributed by atoms with Gasteiger partial charge < -0.3 is 0 Å². The standard InChI is InChI=1S/C22H24N4S/c1-13(2)16-8-6-9-17(14(3)4)20(16)26-12-23-25-22(26)18-10-7-11-19-21(18)27-15(5)24-19/h6-14H,1-5H3. The van der Waals surface area contributed by atoms with Gasteiger partial charge in [0.1, 0.15) is 6.33 Å². The van der Waals surface area contributed by atoms with E-state index in [1.807, 2.05) is 19.3 Å². The molecular weight excluding hydrogens is 352 g/mol. The molecule has 0 atom stereocenters. The van der Waals surface area contributed by atoms with E-state index in [2.05, 4.69) is 77.8 Å². The molecule has 2 aromatic heterocycles. The van der Waals surface area contributed by atoms with E-state index in [0.29, 0.717) is 11.8 Å². The molecule has 4 nitrogen and oxygen atoms in total. The van der Waals surface area contributed by atoms with Crippen LogP contribution in [0.3, 0.4) is 0 Å². The summed E-state index contributed by atoms with van der Waals surface area (Å²) in [6, 6.07) is 12.8. The van der Waals surface area contributed by atoms with Crippen LogP contribution in [-0.4, -0.2) is 19.7 Å². The van der Waals surface area contributed by atoms with Crippen molar-refractivity contribution < 1.29 is 0 Å². The smallest absolute Gasteiger partial charge is 0.169 e. The van der Waals surface area contributed by atoms with Crippen LogP contribution in [0.5, 0.6) is 0 Å². The highest BCUT2D eigenvalue weighted by Gasteiger charge is 2.20. The van der Waals surface area contributed by atoms with Crippen LogP contribution in [0.25, 0.3) is 27.3 Å². The monoisotopic (exact) mass is 376 g/mol. The second-order valence-corrected chi connectivity index (χ2v) is 8.71. The van der Waals surface area contributed by atoms with Crippen molar-refractivity contribution in [1.29, 1.82) is 0 Å². The maximum Gasteiger partial charge on any atom is 0.169 e. The minimum absolute atomic E-state index is 0.412. The molecule has 27 heavy (non-hydrogen) atoms. The largest absolute Gasteiger partial charge is 0.281 e. The fourth-order valence-corrected chi connectivity index (χ4v) is 4.54. The van der Waals surface area contributed by atoms with E-state index in [-0.39, 0.29) is 0 Å². The normalized spacial score (nSPS) is 11.8. The van der Waals surface area contributed by atoms with Gasteiger partial charge in [0.25, 0.3) is 0 Å². The summed E-state index contributed by atoms with van der Waals surface area (Å²) in [6.45, 7) is 11.0. The summed E-state index contributed by atoms with van der Waals surface area (Å²) in [4.78, 5) is 4.64. The van der Waals surface area contributed by atoms with E-state index in [1.54, 1.807) is 11.3 Å². The first-order chi connectivity index (χ1) is 13.0. The molecule has 4 rings (SSSR count). The quantitative estimate of drug-likeness (QED) is 0.432. The number of hydrogen-bond acceptors (Lipinski definition) is 4. The Hall–Kier alpha value is -2.53. The van der Waals surface area contributed by atoms with Gasteiger partial charge in [0.2, 0.25) is 0 Å². The van der Waals surface area contributed by atoms with E-state index in [9.17, 15) is 0 Å². The predicted molar refractivity (Wildman–Crippen MR) is 113 cm³/mol. The molecule has 2 heterocycles. The maximum absolute atomic E-state index is 4.64. The molecule has 0 aliphatic heterocycles. The average molecular weight is 377 g/mol. The Balaban J connectivity index is 2.01. The third-order valence-electron chi connectivity index (χ3n) is 4.89. The number of fused-ring (bicyclic) bond motifs is 1. The molecule has 0 saturated heterocycles. The first-order valence-electron chi connectivity index (χ1n) is 9.37. The van der Waals surface area contributed by atoms with Crippen molar-refractivity contribution in [2.75, 3.05) is 0 Å². The minimum atomic E-state index is 0.412. The summed E-state index contributed by atoms with van der Waals surface area (Å²) in [7, 11) is 0. The number of hydrogen-bond donors (Lipinski definition) is 0. The van der Waals surface area contributed by atoms with Crippen LogP contribution >= 0.6 is 11.3 Å². The highest BCUT2D eigenvalue weighted by Crippen LogP contribution is 2.36. The number of aromatic nitrogens is 4. The zero-order valence-corrected chi connectivity index (χ0v) is 17.2. The lowest BCUT2D eigenvalue weighted by Crippen LogP contribution is -2.07. The Labute approximate surface area is 163 Å². The average Bonchev–Trinajstić information content (AvgIpc) is 3.25. The van der Waals surface area contributed by atoms with Gasteiger partial charge in [0.15, 0.2) is 5.82 Å². The Bertz CT molecular complexity index is 1080. The van der Waals surface area contributed by atoms with Crippen LogP contribution in [0.2, 0.25) is 0 Å². The second kappa shape index (κ2) is 6.89. The van der Waals surface area contributed by atoms with Gasteiger partial charge in [-0.3, -0.25) is 4.57 Å². The zero-order chi connectivity index (χ0) is 19.1. The molecule has 5 heteroatoms. The molecule has 2 aromatic carbocycles. The van der Waals surface area contributed by atoms with Crippen LogP contribution in [-0.2, 0) is 0 Å². The fourth-order valence-electron chi connectivity index (χ4n) is 3.61. The molecule has 0 amide bonds. The lowest BCUT2D eigenvalue weighted by molar-refractivity contribution is 0.806. The van der Waals surface area contributed by atoms with Gasteiger partial charge in [-0.1, -0.05) is 52.0 Å². The van der Waals surface area contributed by atoms with Gasteiger partial charge in [-0.2, -0.15) is 0 Å². The van der Waals surface area contributed by atoms with E-state index < -0.39 is 0 Å². The van der Waals surface area contributed by atoms with Crippen molar-refractivity contribution in [1.82, 2.24) is 19.7 Å². The molecule has 0 spiro atoms. The van der Waals surface area contributed by atoms with Crippen molar-refractivity contribution in [3.05, 3.63) is 58.9 Å². The number of benzene rings is 2. The van der Waals surface area contributed by atoms with Gasteiger partial charge in [0.05, 0.1) is 20.9 Å². The van der Waals surface area contributed by atoms with Crippen molar-refractivity contribution in [3.63, 3.8) is 0 Å². The molecule has 0 aliphatic carbocycles. The third-order valence-corrected chi connectivity index (χ3v) is 5.91. The highest BCUT2D eigenvalue weighted by molar-refractivity contribution is 7.19. The number of nitrogens with zero attached hydrogens (tertiary/aromatic N) is 4. The van der Waals surface area contributed by atoms with Gasteiger partial charge in [0, 0.05) is 5.56 Å². The number of rotatable bonds is 4. The van der Waals surface area contributed by atoms with Gasteiger partial charge in [-0.05, 0) is 42.0 Å². The Morgan fingerprint density at radius 2 is 1.59 bits per heavy atom. The number of aryl methyl sites for hydroxylation is 1. The van der Waals surface area contributed by atoms with Crippen molar-refractivity contribution in [3.8, 4) is 17.1 Å². The second-order valence-electron chi connectivity index (χ2n) is 7.51. The fraction of sp³-hybridized carbons (Fsp3) is 0.318. The van der Waals surface area contributed by atoms with Gasteiger partial charge in [-0.25, -0.2) is 4.98 Å². The van der Waals surface area contributed by atoms with E-state index in [0.717, 1.165) is 26.6 Å². The molecule has 0 saturated carbocycles. The summed E-state index contributed by atoms with van der Waals surface area (Å²) < 4.78 is 3.33. The SMILES string of the molecule is Cc1nc2cccc(-c3nncn3-c3c(C(C)C)cccc3C(C)C)c2s1. The molecule has 0 N–H and O–H groups in total. The summed E-state index contributed by atoms with van der Waals surface area (Å²) in [5, 5.41) is 9.87. The van der Waals surface area contributed by atoms with Crippen LogP contribution in [0, 0.1) is 6.92 Å². The maximum atomic E-state index is 4.64. The summed E-state index contributed by atoms with van der Waals surface area (Å²) in [5.41, 5.74) is 5.94. The van der Waals surface area contributed by atoms with Crippen molar-refractivity contribution >= 4 is 21.6 Å². The highest BCUT2D eigenvalue weighted by atomic mass is 32.1. The first-order valence-corrected chi connectivity index (χ1v) is 10.2. The van der Waals surface area contributed by atoms with E-state index in [1.165, 1.54) is 16.8 Å². The van der Waals surface area contributed by atoms with Gasteiger partial charge >= 0.3 is 0 Å². The van der Waals surface area contributed by atoms with Crippen LogP contribution in [0.4, 0.5) is 0 Å². The molecular formula is C22H24N4S. The molecule has 0 aliphatic rings. The van der Waals surface area contributed by atoms with Crippen LogP contribution in [0.15, 0.2) is 42.7 Å². The molecule has 4 aromatic rings. The lowest BCUT2D eigenvalue weighted by atomic mass is 9.92. The first kappa shape index (κ1) is 17.9. The lowest BCUT2D eigenvalue weighted by Gasteiger charge is -2.21. The zero-order valence-electron chi connectivity index (χ0n) is 16.4. The Kier molecular flexibility index (Phi) is 4.56. The molecule has 0 unspecified atom stereocenters. The van der Waals surface area contributed by atoms with Crippen molar-refractivity contribution in [2.45, 2.75) is 46.5 Å². The predicted octanol–water partition coefficient (Wildman–Crippen LogP) is 6.10. The number of para-hydroxylation sites is 1. The number of thiazole rings is 1. The summed E-state index contributed by atoms with van der Waals surface area (Å²) in [6.07, 6.45) is 1.84. The molecule has 0 bridgehead atoms. The molecule has 0 fully saturated rings. The molecule has 138 valence electrons. The molecule has 0 radical (unpaired) electrons. The van der Waals surface area contributed by atoms with Crippen molar-refractivity contribution in [2.24, 2.45) is 0 Å². The Morgan fingerprint density at radius 3 is 2.26 bits per heavy atom. The summed E-state index contributed by atoms with van der Waals surface area (Å²) >= 11 is 1.71.